The molecule has 154 valence electrons. The van der Waals surface area contributed by atoms with Crippen LogP contribution in [0.4, 0.5) is 22.1 Å². The predicted octanol–water partition coefficient (Wildman–Crippen LogP) is 6.24. The Hall–Kier alpha value is -4.03. The molecular weight excluding hydrogens is 423 g/mol. The molecule has 33 heavy (non-hydrogen) atoms. The van der Waals surface area contributed by atoms with Crippen molar-refractivity contribution < 1.29 is 0 Å². The van der Waals surface area contributed by atoms with Gasteiger partial charge in [-0.2, -0.15) is 0 Å². The first-order valence-corrected chi connectivity index (χ1v) is 11.9. The van der Waals surface area contributed by atoms with Gasteiger partial charge in [0, 0.05) is 15.8 Å². The normalized spacial score (nSPS) is 13.9. The lowest BCUT2D eigenvalue weighted by Crippen LogP contribution is -2.58. The summed E-state index contributed by atoms with van der Waals surface area (Å²) in [5.41, 5.74) is 8.05. The molecule has 0 bridgehead atoms. The molecule has 4 aromatic carbocycles. The van der Waals surface area contributed by atoms with E-state index >= 15 is 0 Å². The van der Waals surface area contributed by atoms with Crippen molar-refractivity contribution in [2.45, 2.75) is 0 Å². The standard InChI is InChI=1S/C27H17BN4S/c1-2-10-18(11-3-1)31-25-19-12-4-9-17-24(19)33-26(25)32-23-16-8-7-15-22(23)30-21-14-6-5-13-20(21)29-27(30)28(31)32/h1-17H. The highest BCUT2D eigenvalue weighted by molar-refractivity contribution is 7.25. The van der Waals surface area contributed by atoms with E-state index in [1.54, 1.807) is 0 Å². The van der Waals surface area contributed by atoms with Gasteiger partial charge in [0.15, 0.2) is 0 Å². The molecule has 0 N–H and O–H groups in total. The van der Waals surface area contributed by atoms with Gasteiger partial charge >= 0.3 is 6.98 Å². The third-order valence-corrected chi connectivity index (χ3v) is 7.89. The zero-order valence-corrected chi connectivity index (χ0v) is 18.4. The molecule has 0 fully saturated rings. The van der Waals surface area contributed by atoms with Crippen molar-refractivity contribution in [2.24, 2.45) is 0 Å². The van der Waals surface area contributed by atoms with Gasteiger partial charge in [-0.05, 0) is 42.5 Å². The van der Waals surface area contributed by atoms with Crippen LogP contribution >= 0.6 is 11.3 Å². The fourth-order valence-corrected chi connectivity index (χ4v) is 6.65. The lowest BCUT2D eigenvalue weighted by atomic mass is 9.69. The quantitative estimate of drug-likeness (QED) is 0.283. The molecule has 4 nitrogen and oxygen atoms in total. The number of hydrogen-bond acceptors (Lipinski definition) is 4. The number of hydrogen-bond donors (Lipinski definition) is 0. The number of imidazole rings is 1. The Bertz CT molecular complexity index is 1700. The molecule has 0 saturated heterocycles. The van der Waals surface area contributed by atoms with Crippen LogP contribution in [0.15, 0.2) is 103 Å². The van der Waals surface area contributed by atoms with Gasteiger partial charge in [-0.25, -0.2) is 4.98 Å². The minimum Gasteiger partial charge on any atom is -0.356 e. The summed E-state index contributed by atoms with van der Waals surface area (Å²) in [6.07, 6.45) is 0. The lowest BCUT2D eigenvalue weighted by Gasteiger charge is -2.35. The molecule has 0 saturated carbocycles. The van der Waals surface area contributed by atoms with Gasteiger partial charge in [0.25, 0.3) is 0 Å². The van der Waals surface area contributed by atoms with Crippen molar-refractivity contribution in [3.8, 4) is 5.69 Å². The Morgan fingerprint density at radius 2 is 1.39 bits per heavy atom. The average Bonchev–Trinajstić information content (AvgIpc) is 3.53. The van der Waals surface area contributed by atoms with E-state index in [1.165, 1.54) is 37.8 Å². The first-order valence-electron chi connectivity index (χ1n) is 11.1. The monoisotopic (exact) mass is 440 g/mol. The van der Waals surface area contributed by atoms with Crippen LogP contribution in [0.2, 0.25) is 0 Å². The molecule has 2 aliphatic heterocycles. The first kappa shape index (κ1) is 17.5. The maximum atomic E-state index is 5.20. The topological polar surface area (TPSA) is 24.3 Å². The average molecular weight is 440 g/mol. The highest BCUT2D eigenvalue weighted by Crippen LogP contribution is 2.56. The number of rotatable bonds is 1. The number of para-hydroxylation sites is 5. The molecule has 0 amide bonds. The molecule has 0 unspecified atom stereocenters. The highest BCUT2D eigenvalue weighted by atomic mass is 32.1. The van der Waals surface area contributed by atoms with Gasteiger partial charge in [-0.1, -0.05) is 60.7 Å². The van der Waals surface area contributed by atoms with Crippen LogP contribution in [0.3, 0.4) is 0 Å². The van der Waals surface area contributed by atoms with Crippen LogP contribution in [0.25, 0.3) is 26.8 Å². The molecular formula is C27H17BN4S. The largest absolute Gasteiger partial charge is 0.459 e. The summed E-state index contributed by atoms with van der Waals surface area (Å²) < 4.78 is 3.65. The van der Waals surface area contributed by atoms with Gasteiger partial charge in [0.2, 0.25) is 0 Å². The summed E-state index contributed by atoms with van der Waals surface area (Å²) >= 11 is 1.86. The minimum absolute atomic E-state index is 0.0550. The van der Waals surface area contributed by atoms with Crippen LogP contribution in [-0.4, -0.2) is 16.5 Å². The summed E-state index contributed by atoms with van der Waals surface area (Å²) in [7, 11) is 0. The van der Waals surface area contributed by atoms with Crippen LogP contribution in [0.1, 0.15) is 0 Å². The van der Waals surface area contributed by atoms with E-state index in [1.807, 2.05) is 11.3 Å². The van der Waals surface area contributed by atoms with Crippen molar-refractivity contribution in [3.05, 3.63) is 103 Å². The van der Waals surface area contributed by atoms with Gasteiger partial charge in [0.1, 0.15) is 10.7 Å². The summed E-state index contributed by atoms with van der Waals surface area (Å²) in [6, 6.07) is 36.6. The zero-order chi connectivity index (χ0) is 21.5. The molecule has 4 heterocycles. The van der Waals surface area contributed by atoms with Gasteiger partial charge < -0.3 is 9.62 Å². The second-order valence-electron chi connectivity index (χ2n) is 8.48. The second kappa shape index (κ2) is 6.27. The summed E-state index contributed by atoms with van der Waals surface area (Å²) in [4.78, 5) is 10.2. The number of nitrogens with zero attached hydrogens (tertiary/aromatic N) is 4. The van der Waals surface area contributed by atoms with E-state index in [9.17, 15) is 0 Å². The van der Waals surface area contributed by atoms with E-state index in [2.05, 4.69) is 117 Å². The fraction of sp³-hybridized carbons (Fsp3) is 0. The Morgan fingerprint density at radius 1 is 0.667 bits per heavy atom. The Morgan fingerprint density at radius 3 is 2.30 bits per heavy atom. The van der Waals surface area contributed by atoms with E-state index in [-0.39, 0.29) is 6.98 Å². The summed E-state index contributed by atoms with van der Waals surface area (Å²) in [5.74, 6) is 0. The Kier molecular flexibility index (Phi) is 3.33. The molecule has 2 aromatic heterocycles. The molecule has 8 rings (SSSR count). The third-order valence-electron chi connectivity index (χ3n) is 6.73. The maximum Gasteiger partial charge on any atom is 0.459 e. The number of aromatic nitrogens is 2. The van der Waals surface area contributed by atoms with Crippen molar-refractivity contribution in [1.82, 2.24) is 9.55 Å². The number of fused-ring (bicyclic) bond motifs is 12. The third kappa shape index (κ3) is 2.18. The van der Waals surface area contributed by atoms with Crippen LogP contribution in [0.5, 0.6) is 0 Å². The molecule has 0 aliphatic carbocycles. The van der Waals surface area contributed by atoms with Crippen molar-refractivity contribution >= 4 is 67.2 Å². The zero-order valence-electron chi connectivity index (χ0n) is 17.6. The summed E-state index contributed by atoms with van der Waals surface area (Å²) in [6.45, 7) is -0.0550. The van der Waals surface area contributed by atoms with Gasteiger partial charge in [0.05, 0.1) is 28.1 Å². The van der Waals surface area contributed by atoms with E-state index < -0.39 is 0 Å². The number of anilines is 4. The van der Waals surface area contributed by atoms with Crippen molar-refractivity contribution in [2.75, 3.05) is 9.62 Å². The van der Waals surface area contributed by atoms with Crippen LogP contribution < -0.4 is 15.3 Å². The van der Waals surface area contributed by atoms with Gasteiger partial charge in [-0.15, -0.1) is 11.3 Å². The molecule has 0 atom stereocenters. The Labute approximate surface area is 195 Å². The second-order valence-corrected chi connectivity index (χ2v) is 9.51. The molecule has 0 radical (unpaired) electrons. The molecule has 6 aromatic rings. The predicted molar refractivity (Wildman–Crippen MR) is 139 cm³/mol. The molecule has 2 aliphatic rings. The molecule has 6 heteroatoms. The van der Waals surface area contributed by atoms with Crippen LogP contribution in [-0.2, 0) is 0 Å². The minimum atomic E-state index is -0.0550. The fourth-order valence-electron chi connectivity index (χ4n) is 5.42. The first-order chi connectivity index (χ1) is 16.4. The molecule has 0 spiro atoms. The highest BCUT2D eigenvalue weighted by Gasteiger charge is 2.51. The number of thiophene rings is 1. The Balaban J connectivity index is 1.52. The van der Waals surface area contributed by atoms with Crippen LogP contribution in [0, 0.1) is 0 Å². The van der Waals surface area contributed by atoms with E-state index in [0.717, 1.165) is 16.8 Å². The number of benzene rings is 4. The van der Waals surface area contributed by atoms with Gasteiger partial charge in [-0.3, -0.25) is 4.57 Å². The smallest absolute Gasteiger partial charge is 0.356 e. The van der Waals surface area contributed by atoms with E-state index in [4.69, 9.17) is 4.98 Å². The SMILES string of the molecule is c1ccc(N2B3c4nc5ccccc5n4-c4ccccc4N3c3sc4ccccc4c32)cc1. The van der Waals surface area contributed by atoms with Crippen molar-refractivity contribution in [1.29, 1.82) is 0 Å². The lowest BCUT2D eigenvalue weighted by molar-refractivity contribution is 1.10. The van der Waals surface area contributed by atoms with Crippen molar-refractivity contribution in [3.63, 3.8) is 0 Å². The van der Waals surface area contributed by atoms with E-state index in [0.29, 0.717) is 0 Å². The summed E-state index contributed by atoms with van der Waals surface area (Å²) in [5, 5.41) is 2.56. The maximum absolute atomic E-state index is 5.20.